The monoisotopic (exact) mass is 1000 g/mol. The van der Waals surface area contributed by atoms with Crippen LogP contribution in [0.25, 0.3) is 0 Å². The van der Waals surface area contributed by atoms with Crippen molar-refractivity contribution in [3.63, 3.8) is 0 Å². The zero-order valence-corrected chi connectivity index (χ0v) is 44.5. The Morgan fingerprint density at radius 1 is 0.457 bits per heavy atom. The van der Waals surface area contributed by atoms with Gasteiger partial charge in [0.15, 0.2) is 12.6 Å². The first-order chi connectivity index (χ1) is 34.1. The number of carbonyl (C=O) groups excluding carboxylic acids is 1. The molecule has 2 saturated heterocycles. The Labute approximate surface area is 425 Å². The number of amides is 1. The van der Waals surface area contributed by atoms with Crippen molar-refractivity contribution in [2.24, 2.45) is 0 Å². The van der Waals surface area contributed by atoms with Crippen molar-refractivity contribution in [2.45, 2.75) is 331 Å². The second kappa shape index (κ2) is 43.3. The van der Waals surface area contributed by atoms with Crippen molar-refractivity contribution in [3.05, 3.63) is 0 Å². The summed E-state index contributed by atoms with van der Waals surface area (Å²) in [5, 5.41) is 86.4. The number of unbranched alkanes of at least 4 members (excludes halogenated alkanes) is 34. The first-order valence-corrected chi connectivity index (χ1v) is 29.3. The van der Waals surface area contributed by atoms with Crippen molar-refractivity contribution in [1.82, 2.24) is 5.32 Å². The third-order valence-corrected chi connectivity index (χ3v) is 14.8. The smallest absolute Gasteiger partial charge is 0.220 e. The molecule has 2 aliphatic rings. The molecule has 2 rings (SSSR count). The summed E-state index contributed by atoms with van der Waals surface area (Å²) in [4.78, 5) is 12.8. The van der Waals surface area contributed by atoms with Gasteiger partial charge in [0.25, 0.3) is 0 Å². The number of nitrogens with one attached hydrogen (secondary N) is 1. The van der Waals surface area contributed by atoms with Crippen LogP contribution in [0, 0.1) is 0 Å². The van der Waals surface area contributed by atoms with Gasteiger partial charge in [-0.2, -0.15) is 0 Å². The van der Waals surface area contributed by atoms with Gasteiger partial charge in [-0.3, -0.25) is 4.79 Å². The van der Waals surface area contributed by atoms with Crippen LogP contribution >= 0.6 is 0 Å². The van der Waals surface area contributed by atoms with E-state index in [-0.39, 0.29) is 12.5 Å². The summed E-state index contributed by atoms with van der Waals surface area (Å²) in [5.41, 5.74) is 0. The van der Waals surface area contributed by atoms with Crippen molar-refractivity contribution in [1.29, 1.82) is 0 Å². The Morgan fingerprint density at radius 3 is 1.21 bits per heavy atom. The number of hydrogen-bond acceptors (Lipinski definition) is 13. The SMILES string of the molecule is CCCCCCCCCCCCCCCCCCCCCCCCCCCCCCCCCCCC(O)C(COC1OC(CO)C(OC2OC(CO)C(O)C(O)C2O)C(O)C1O)NC(=O)CCCCC. The number of ether oxygens (including phenoxy) is 4. The first kappa shape index (κ1) is 65.1. The van der Waals surface area contributed by atoms with E-state index in [1.807, 2.05) is 6.92 Å². The number of carbonyl (C=O) groups is 1. The second-order valence-corrected chi connectivity index (χ2v) is 21.1. The predicted molar refractivity (Wildman–Crippen MR) is 277 cm³/mol. The molecule has 0 aromatic rings. The van der Waals surface area contributed by atoms with Crippen LogP contribution in [-0.2, 0) is 23.7 Å². The molecule has 12 atom stereocenters. The van der Waals surface area contributed by atoms with Gasteiger partial charge in [-0.15, -0.1) is 0 Å². The van der Waals surface area contributed by atoms with E-state index in [1.54, 1.807) is 0 Å². The summed E-state index contributed by atoms with van der Waals surface area (Å²) < 4.78 is 22.6. The minimum Gasteiger partial charge on any atom is -0.394 e. The molecule has 70 heavy (non-hydrogen) atoms. The largest absolute Gasteiger partial charge is 0.394 e. The molecular formula is C56H109NO13. The quantitative estimate of drug-likeness (QED) is 0.0259. The number of rotatable bonds is 47. The molecule has 0 aromatic heterocycles. The molecule has 1 amide bonds. The van der Waals surface area contributed by atoms with Crippen molar-refractivity contribution in [2.75, 3.05) is 19.8 Å². The summed E-state index contributed by atoms with van der Waals surface area (Å²) in [5.74, 6) is -0.228. The molecule has 0 radical (unpaired) electrons. The van der Waals surface area contributed by atoms with Gasteiger partial charge in [0.2, 0.25) is 5.91 Å². The molecule has 416 valence electrons. The van der Waals surface area contributed by atoms with Gasteiger partial charge in [-0.05, 0) is 12.8 Å². The molecule has 0 bridgehead atoms. The van der Waals surface area contributed by atoms with Gasteiger partial charge < -0.3 is 65.1 Å². The summed E-state index contributed by atoms with van der Waals surface area (Å²) in [6, 6.07) is -0.818. The lowest BCUT2D eigenvalue weighted by molar-refractivity contribution is -0.359. The highest BCUT2D eigenvalue weighted by Gasteiger charge is 2.51. The molecule has 9 N–H and O–H groups in total. The van der Waals surface area contributed by atoms with Crippen LogP contribution < -0.4 is 5.32 Å². The Balaban J connectivity index is 1.50. The molecule has 0 aliphatic carbocycles. The lowest BCUT2D eigenvalue weighted by atomic mass is 9.97. The molecule has 14 nitrogen and oxygen atoms in total. The van der Waals surface area contributed by atoms with Crippen LogP contribution in [0.5, 0.6) is 0 Å². The van der Waals surface area contributed by atoms with Crippen LogP contribution in [-0.4, -0.2) is 140 Å². The summed E-state index contributed by atoms with van der Waals surface area (Å²) in [6.07, 6.45) is 31.2. The highest BCUT2D eigenvalue weighted by atomic mass is 16.7. The standard InChI is InChI=1S/C56H109NO13/c1-3-5-7-8-9-10-11-12-13-14-15-16-17-18-19-20-21-22-23-24-25-26-27-28-29-30-31-32-33-34-35-36-38-39-45(60)44(57-48(61)40-37-6-4-2)43-67-55-53(66)51(64)54(47(42-59)69-55)70-56-52(65)50(63)49(62)46(41-58)68-56/h44-47,49-56,58-60,62-66H,3-43H2,1-2H3,(H,57,61). The van der Waals surface area contributed by atoms with Crippen LogP contribution in [0.15, 0.2) is 0 Å². The molecule has 14 heteroatoms. The third-order valence-electron chi connectivity index (χ3n) is 14.8. The van der Waals surface area contributed by atoms with Crippen molar-refractivity contribution in [3.8, 4) is 0 Å². The van der Waals surface area contributed by atoms with Gasteiger partial charge in [0, 0.05) is 6.42 Å². The molecule has 0 saturated carbocycles. The Hall–Kier alpha value is -1.01. The molecule has 2 aliphatic heterocycles. The molecule has 0 spiro atoms. The maximum Gasteiger partial charge on any atom is 0.220 e. The Bertz CT molecular complexity index is 1180. The van der Waals surface area contributed by atoms with Crippen LogP contribution in [0.4, 0.5) is 0 Å². The van der Waals surface area contributed by atoms with E-state index in [4.69, 9.17) is 18.9 Å². The predicted octanol–water partition coefficient (Wildman–Crippen LogP) is 9.34. The van der Waals surface area contributed by atoms with E-state index in [0.29, 0.717) is 19.3 Å². The Morgan fingerprint density at radius 2 is 0.814 bits per heavy atom. The van der Waals surface area contributed by atoms with E-state index in [0.717, 1.165) is 38.5 Å². The summed E-state index contributed by atoms with van der Waals surface area (Å²) in [6.45, 7) is 2.70. The van der Waals surface area contributed by atoms with E-state index in [2.05, 4.69) is 12.2 Å². The van der Waals surface area contributed by atoms with Crippen molar-refractivity contribution < 1.29 is 64.6 Å². The van der Waals surface area contributed by atoms with Gasteiger partial charge in [0.05, 0.1) is 32.0 Å². The first-order valence-electron chi connectivity index (χ1n) is 29.3. The minimum atomic E-state index is -1.78. The minimum absolute atomic E-state index is 0.228. The summed E-state index contributed by atoms with van der Waals surface area (Å²) in [7, 11) is 0. The van der Waals surface area contributed by atoms with Crippen LogP contribution in [0.3, 0.4) is 0 Å². The van der Waals surface area contributed by atoms with E-state index in [1.165, 1.54) is 186 Å². The zero-order chi connectivity index (χ0) is 51.0. The average molecular weight is 1000 g/mol. The lowest BCUT2D eigenvalue weighted by Gasteiger charge is -2.46. The Kier molecular flexibility index (Phi) is 40.2. The van der Waals surface area contributed by atoms with Crippen LogP contribution in [0.2, 0.25) is 0 Å². The van der Waals surface area contributed by atoms with Gasteiger partial charge in [0.1, 0.15) is 48.8 Å². The fourth-order valence-electron chi connectivity index (χ4n) is 10.1. The highest BCUT2D eigenvalue weighted by Crippen LogP contribution is 2.30. The van der Waals surface area contributed by atoms with Gasteiger partial charge in [-0.25, -0.2) is 0 Å². The number of aliphatic hydroxyl groups excluding tert-OH is 8. The number of aliphatic hydroxyl groups is 8. The molecule has 2 fully saturated rings. The van der Waals surface area contributed by atoms with E-state index < -0.39 is 86.8 Å². The zero-order valence-electron chi connectivity index (χ0n) is 44.5. The maximum atomic E-state index is 12.8. The highest BCUT2D eigenvalue weighted by molar-refractivity contribution is 5.76. The maximum absolute atomic E-state index is 12.8. The second-order valence-electron chi connectivity index (χ2n) is 21.1. The summed E-state index contributed by atoms with van der Waals surface area (Å²) >= 11 is 0. The van der Waals surface area contributed by atoms with E-state index in [9.17, 15) is 45.6 Å². The van der Waals surface area contributed by atoms with E-state index >= 15 is 0 Å². The fraction of sp³-hybridized carbons (Fsp3) is 0.982. The van der Waals surface area contributed by atoms with Crippen molar-refractivity contribution >= 4 is 5.91 Å². The molecular weight excluding hydrogens is 895 g/mol. The molecule has 12 unspecified atom stereocenters. The molecule has 0 aromatic carbocycles. The average Bonchev–Trinajstić information content (AvgIpc) is 3.36. The van der Waals surface area contributed by atoms with Gasteiger partial charge in [-0.1, -0.05) is 239 Å². The third kappa shape index (κ3) is 29.2. The topological polar surface area (TPSA) is 228 Å². The number of hydrogen-bond donors (Lipinski definition) is 9. The van der Waals surface area contributed by atoms with Crippen LogP contribution in [0.1, 0.15) is 258 Å². The van der Waals surface area contributed by atoms with Gasteiger partial charge >= 0.3 is 0 Å². The molecule has 2 heterocycles. The normalized spacial score (nSPS) is 25.9. The fourth-order valence-corrected chi connectivity index (χ4v) is 10.1. The lowest BCUT2D eigenvalue weighted by Crippen LogP contribution is -2.65.